The predicted octanol–water partition coefficient (Wildman–Crippen LogP) is 5.94. The highest BCUT2D eigenvalue weighted by Gasteiger charge is 2.51. The minimum absolute atomic E-state index is 0.0778. The molecular formula is C23H20BrF3N4OS2. The molecule has 2 bridgehead atoms. The van der Waals surface area contributed by atoms with Crippen LogP contribution in [0.25, 0.3) is 0 Å². The quantitative estimate of drug-likeness (QED) is 0.294. The van der Waals surface area contributed by atoms with Crippen molar-refractivity contribution in [1.29, 1.82) is 0 Å². The maximum Gasteiger partial charge on any atom is 0.416 e. The van der Waals surface area contributed by atoms with E-state index in [-0.39, 0.29) is 10.7 Å². The van der Waals surface area contributed by atoms with Crippen molar-refractivity contribution in [3.05, 3.63) is 71.3 Å². The van der Waals surface area contributed by atoms with Crippen LogP contribution in [0, 0.1) is 5.92 Å². The fourth-order valence-electron chi connectivity index (χ4n) is 4.64. The van der Waals surface area contributed by atoms with Crippen LogP contribution in [-0.4, -0.2) is 43.7 Å². The Morgan fingerprint density at radius 1 is 1.18 bits per heavy atom. The summed E-state index contributed by atoms with van der Waals surface area (Å²) in [7, 11) is 0. The van der Waals surface area contributed by atoms with Crippen LogP contribution in [0.3, 0.4) is 0 Å². The Morgan fingerprint density at radius 3 is 2.71 bits per heavy atom. The second kappa shape index (κ2) is 9.60. The van der Waals surface area contributed by atoms with Gasteiger partial charge in [-0.05, 0) is 36.1 Å². The van der Waals surface area contributed by atoms with Crippen molar-refractivity contribution in [3.63, 3.8) is 0 Å². The second-order valence-corrected chi connectivity index (χ2v) is 11.9. The molecule has 1 saturated heterocycles. The number of thioether (sulfide) groups is 1. The van der Waals surface area contributed by atoms with Gasteiger partial charge in [0.1, 0.15) is 0 Å². The topological polar surface area (TPSA) is 58.1 Å². The number of piperidine rings is 1. The lowest BCUT2D eigenvalue weighted by molar-refractivity contribution is -0.137. The van der Waals surface area contributed by atoms with E-state index in [1.54, 1.807) is 11.8 Å². The molecule has 2 fully saturated rings. The Bertz CT molecular complexity index is 1180. The Kier molecular flexibility index (Phi) is 6.71. The van der Waals surface area contributed by atoms with Crippen LogP contribution in [-0.2, 0) is 12.7 Å². The van der Waals surface area contributed by atoms with Gasteiger partial charge in [-0.1, -0.05) is 75.4 Å². The number of amides is 1. The summed E-state index contributed by atoms with van der Waals surface area (Å²) in [5.41, 5.74) is 0.342. The lowest BCUT2D eigenvalue weighted by Crippen LogP contribution is -2.40. The standard InChI is InChI=1S/C23H20BrF3N4OS2/c24-18-15-10-17(19(18)31(12-15)11-13-5-2-1-3-6-13)33-22-30-29-21(34-22)28-20(32)14-7-4-8-16(9-14)23(25,26)27/h1-9,15,17-19H,10-12H2,(H,28,29,32)/t15-,17-,18-,19+/m0/s1. The van der Waals surface area contributed by atoms with E-state index < -0.39 is 17.6 Å². The molecule has 178 valence electrons. The van der Waals surface area contributed by atoms with E-state index in [4.69, 9.17) is 0 Å². The fraction of sp³-hybridized carbons (Fsp3) is 0.348. The molecule has 11 heteroatoms. The van der Waals surface area contributed by atoms with Crippen molar-refractivity contribution in [2.45, 2.75) is 39.6 Å². The molecule has 2 aromatic carbocycles. The average Bonchev–Trinajstić information content (AvgIpc) is 3.46. The number of hydrogen-bond acceptors (Lipinski definition) is 6. The number of aromatic nitrogens is 2. The van der Waals surface area contributed by atoms with Gasteiger partial charge < -0.3 is 0 Å². The first-order chi connectivity index (χ1) is 16.3. The van der Waals surface area contributed by atoms with E-state index >= 15 is 0 Å². The summed E-state index contributed by atoms with van der Waals surface area (Å²) in [6.07, 6.45) is -3.44. The highest BCUT2D eigenvalue weighted by molar-refractivity contribution is 9.09. The first-order valence-electron chi connectivity index (χ1n) is 10.7. The number of benzene rings is 2. The molecule has 0 spiro atoms. The fourth-order valence-corrected chi connectivity index (χ4v) is 8.37. The molecule has 34 heavy (non-hydrogen) atoms. The van der Waals surface area contributed by atoms with Crippen molar-refractivity contribution < 1.29 is 18.0 Å². The molecule has 2 aliphatic rings. The first kappa shape index (κ1) is 23.8. The number of carbonyl (C=O) groups is 1. The maximum absolute atomic E-state index is 12.9. The maximum atomic E-state index is 12.9. The normalized spacial score (nSPS) is 24.5. The van der Waals surface area contributed by atoms with Crippen molar-refractivity contribution in [2.75, 3.05) is 11.9 Å². The summed E-state index contributed by atoms with van der Waals surface area (Å²) >= 11 is 6.79. The van der Waals surface area contributed by atoms with Gasteiger partial charge in [-0.2, -0.15) is 13.2 Å². The molecule has 1 aliphatic heterocycles. The van der Waals surface area contributed by atoms with Gasteiger partial charge in [-0.25, -0.2) is 0 Å². The smallest absolute Gasteiger partial charge is 0.296 e. The summed E-state index contributed by atoms with van der Waals surface area (Å²) in [4.78, 5) is 15.4. The Morgan fingerprint density at radius 2 is 1.97 bits per heavy atom. The van der Waals surface area contributed by atoms with Crippen molar-refractivity contribution in [2.24, 2.45) is 5.92 Å². The van der Waals surface area contributed by atoms with Crippen LogP contribution in [0.15, 0.2) is 58.9 Å². The van der Waals surface area contributed by atoms with Gasteiger partial charge in [0.2, 0.25) is 5.13 Å². The van der Waals surface area contributed by atoms with Crippen LogP contribution in [0.5, 0.6) is 0 Å². The van der Waals surface area contributed by atoms with E-state index in [1.807, 2.05) is 6.07 Å². The number of rotatable bonds is 6. The molecule has 1 N–H and O–H groups in total. The number of alkyl halides is 4. The van der Waals surface area contributed by atoms with E-state index in [2.05, 4.69) is 60.6 Å². The second-order valence-electron chi connectivity index (χ2n) is 8.41. The molecule has 0 unspecified atom stereocenters. The van der Waals surface area contributed by atoms with Gasteiger partial charge in [-0.15, -0.1) is 10.2 Å². The Hall–Kier alpha value is -1.95. The number of nitrogens with one attached hydrogen (secondary N) is 1. The predicted molar refractivity (Wildman–Crippen MR) is 130 cm³/mol. The number of halogens is 4. The van der Waals surface area contributed by atoms with Gasteiger partial charge in [0.25, 0.3) is 5.91 Å². The Balaban J connectivity index is 1.23. The van der Waals surface area contributed by atoms with Crippen LogP contribution >= 0.6 is 39.0 Å². The summed E-state index contributed by atoms with van der Waals surface area (Å²) in [5, 5.41) is 11.4. The molecule has 0 radical (unpaired) electrons. The average molecular weight is 569 g/mol. The van der Waals surface area contributed by atoms with Gasteiger partial charge in [0.15, 0.2) is 4.34 Å². The molecule has 3 aromatic rings. The zero-order valence-electron chi connectivity index (χ0n) is 17.7. The van der Waals surface area contributed by atoms with Gasteiger partial charge in [0.05, 0.1) is 5.56 Å². The SMILES string of the molecule is O=C(Nc1nnc(S[C@H]2C[C@H]3CN(Cc4ccccc4)[C@H]2[C@H]3Br)s1)c1cccc(C(F)(F)F)c1. The van der Waals surface area contributed by atoms with Crippen molar-refractivity contribution in [1.82, 2.24) is 15.1 Å². The molecule has 4 atom stereocenters. The summed E-state index contributed by atoms with van der Waals surface area (Å²) in [6, 6.07) is 15.1. The zero-order valence-corrected chi connectivity index (χ0v) is 20.9. The minimum atomic E-state index is -4.51. The number of carbonyl (C=O) groups excluding carboxylic acids is 1. The molecule has 5 rings (SSSR count). The number of anilines is 1. The van der Waals surface area contributed by atoms with Crippen molar-refractivity contribution in [3.8, 4) is 0 Å². The number of nitrogens with zero attached hydrogens (tertiary/aromatic N) is 3. The first-order valence-corrected chi connectivity index (χ1v) is 13.3. The van der Waals surface area contributed by atoms with E-state index in [0.717, 1.165) is 36.0 Å². The Labute approximate surface area is 211 Å². The van der Waals surface area contributed by atoms with Crippen LogP contribution < -0.4 is 5.32 Å². The third-order valence-corrected chi connectivity index (χ3v) is 9.66. The molecule has 2 heterocycles. The summed E-state index contributed by atoms with van der Waals surface area (Å²) in [6.45, 7) is 1.95. The molecule has 5 nitrogen and oxygen atoms in total. The van der Waals surface area contributed by atoms with Crippen LogP contribution in [0.4, 0.5) is 18.3 Å². The molecule has 1 aliphatic carbocycles. The summed E-state index contributed by atoms with van der Waals surface area (Å²) in [5.74, 6) is -0.0764. The van der Waals surface area contributed by atoms with Gasteiger partial charge >= 0.3 is 6.18 Å². The van der Waals surface area contributed by atoms with Crippen LogP contribution in [0.1, 0.15) is 27.9 Å². The van der Waals surface area contributed by atoms with E-state index in [9.17, 15) is 18.0 Å². The number of likely N-dealkylation sites (tertiary alicyclic amines) is 1. The third-order valence-electron chi connectivity index (χ3n) is 6.14. The number of hydrogen-bond donors (Lipinski definition) is 1. The number of fused-ring (bicyclic) bond motifs is 2. The third kappa shape index (κ3) is 5.02. The largest absolute Gasteiger partial charge is 0.416 e. The molecule has 1 saturated carbocycles. The molecule has 1 aromatic heterocycles. The minimum Gasteiger partial charge on any atom is -0.296 e. The van der Waals surface area contributed by atoms with Crippen LogP contribution in [0.2, 0.25) is 0 Å². The lowest BCUT2D eigenvalue weighted by atomic mass is 10.1. The monoisotopic (exact) mass is 568 g/mol. The van der Waals surface area contributed by atoms with Crippen molar-refractivity contribution >= 4 is 50.1 Å². The molecular weight excluding hydrogens is 549 g/mol. The van der Waals surface area contributed by atoms with Gasteiger partial charge in [-0.3, -0.25) is 15.0 Å². The van der Waals surface area contributed by atoms with E-state index in [0.29, 0.717) is 22.0 Å². The van der Waals surface area contributed by atoms with Gasteiger partial charge in [0, 0.05) is 34.8 Å². The lowest BCUT2D eigenvalue weighted by Gasteiger charge is -2.32. The van der Waals surface area contributed by atoms with E-state index in [1.165, 1.54) is 29.0 Å². The highest BCUT2D eigenvalue weighted by atomic mass is 79.9. The highest BCUT2D eigenvalue weighted by Crippen LogP contribution is 2.49. The zero-order chi connectivity index (χ0) is 23.9. The molecule has 1 amide bonds. The summed E-state index contributed by atoms with van der Waals surface area (Å²) < 4.78 is 39.5.